The van der Waals surface area contributed by atoms with Crippen LogP contribution in [0.15, 0.2) is 59.2 Å². The SMILES string of the molecule is CN(Cc1nc2ccsc2c(=O)[nH]1)C(=O)c1ccc(-n2ccnc2)cc1. The van der Waals surface area contributed by atoms with Gasteiger partial charge in [-0.1, -0.05) is 0 Å². The lowest BCUT2D eigenvalue weighted by atomic mass is 10.2. The predicted molar refractivity (Wildman–Crippen MR) is 99.6 cm³/mol. The van der Waals surface area contributed by atoms with E-state index in [4.69, 9.17) is 0 Å². The summed E-state index contributed by atoms with van der Waals surface area (Å²) >= 11 is 1.35. The first-order valence-electron chi connectivity index (χ1n) is 7.92. The lowest BCUT2D eigenvalue weighted by Gasteiger charge is -2.17. The zero-order valence-electron chi connectivity index (χ0n) is 13.9. The molecule has 0 bridgehead atoms. The summed E-state index contributed by atoms with van der Waals surface area (Å²) in [7, 11) is 1.68. The van der Waals surface area contributed by atoms with Gasteiger partial charge in [0.25, 0.3) is 11.5 Å². The molecule has 4 aromatic rings. The molecule has 0 aliphatic heterocycles. The molecule has 1 amide bonds. The van der Waals surface area contributed by atoms with Crippen molar-refractivity contribution in [1.29, 1.82) is 0 Å². The number of nitrogens with one attached hydrogen (secondary N) is 1. The maximum absolute atomic E-state index is 12.6. The van der Waals surface area contributed by atoms with E-state index in [1.54, 1.807) is 37.8 Å². The molecule has 1 aromatic carbocycles. The van der Waals surface area contributed by atoms with Gasteiger partial charge in [0.1, 0.15) is 10.5 Å². The summed E-state index contributed by atoms with van der Waals surface area (Å²) in [6, 6.07) is 9.06. The molecule has 3 aromatic heterocycles. The van der Waals surface area contributed by atoms with Crippen LogP contribution in [0.2, 0.25) is 0 Å². The van der Waals surface area contributed by atoms with E-state index in [0.717, 1.165) is 5.69 Å². The third-order valence-electron chi connectivity index (χ3n) is 4.01. The first-order chi connectivity index (χ1) is 12.6. The Morgan fingerprint density at radius 1 is 1.27 bits per heavy atom. The first-order valence-corrected chi connectivity index (χ1v) is 8.80. The maximum Gasteiger partial charge on any atom is 0.268 e. The third-order valence-corrected chi connectivity index (χ3v) is 4.92. The van der Waals surface area contributed by atoms with Gasteiger partial charge in [-0.15, -0.1) is 11.3 Å². The fourth-order valence-corrected chi connectivity index (χ4v) is 3.43. The number of nitrogens with zero attached hydrogens (tertiary/aromatic N) is 4. The number of hydrogen-bond donors (Lipinski definition) is 1. The van der Waals surface area contributed by atoms with Crippen LogP contribution in [0.5, 0.6) is 0 Å². The number of rotatable bonds is 4. The van der Waals surface area contributed by atoms with Crippen molar-refractivity contribution in [3.63, 3.8) is 0 Å². The second-order valence-electron chi connectivity index (χ2n) is 5.83. The molecule has 0 spiro atoms. The highest BCUT2D eigenvalue weighted by molar-refractivity contribution is 7.17. The second-order valence-corrected chi connectivity index (χ2v) is 6.74. The number of benzene rings is 1. The summed E-state index contributed by atoms with van der Waals surface area (Å²) in [5.41, 5.74) is 1.97. The summed E-state index contributed by atoms with van der Waals surface area (Å²) in [5, 5.41) is 1.83. The number of aromatic nitrogens is 4. The molecule has 0 aliphatic carbocycles. The van der Waals surface area contributed by atoms with Gasteiger partial charge in [-0.25, -0.2) is 9.97 Å². The van der Waals surface area contributed by atoms with Crippen molar-refractivity contribution in [1.82, 2.24) is 24.4 Å². The number of aromatic amines is 1. The predicted octanol–water partition coefficient (Wildman–Crippen LogP) is 2.44. The molecule has 0 unspecified atom stereocenters. The molecular weight excluding hydrogens is 350 g/mol. The molecule has 130 valence electrons. The minimum atomic E-state index is -0.175. The zero-order valence-corrected chi connectivity index (χ0v) is 14.7. The topological polar surface area (TPSA) is 83.9 Å². The van der Waals surface area contributed by atoms with Crippen molar-refractivity contribution < 1.29 is 4.79 Å². The fraction of sp³-hybridized carbons (Fsp3) is 0.111. The van der Waals surface area contributed by atoms with Gasteiger partial charge in [0, 0.05) is 30.7 Å². The van der Waals surface area contributed by atoms with Crippen LogP contribution in [0.3, 0.4) is 0 Å². The van der Waals surface area contributed by atoms with Crippen LogP contribution in [0.1, 0.15) is 16.2 Å². The zero-order chi connectivity index (χ0) is 18.1. The molecule has 0 fully saturated rings. The molecule has 0 aliphatic rings. The highest BCUT2D eigenvalue weighted by Crippen LogP contribution is 2.15. The van der Waals surface area contributed by atoms with E-state index in [9.17, 15) is 9.59 Å². The van der Waals surface area contributed by atoms with Crippen molar-refractivity contribution in [2.75, 3.05) is 7.05 Å². The van der Waals surface area contributed by atoms with Crippen LogP contribution >= 0.6 is 11.3 Å². The van der Waals surface area contributed by atoms with Gasteiger partial charge in [-0.2, -0.15) is 0 Å². The Kier molecular flexibility index (Phi) is 4.10. The first kappa shape index (κ1) is 16.2. The van der Waals surface area contributed by atoms with Crippen molar-refractivity contribution >= 4 is 27.5 Å². The van der Waals surface area contributed by atoms with Crippen molar-refractivity contribution in [3.05, 3.63) is 76.2 Å². The van der Waals surface area contributed by atoms with Gasteiger partial charge in [-0.05, 0) is 35.7 Å². The lowest BCUT2D eigenvalue weighted by molar-refractivity contribution is 0.0781. The van der Waals surface area contributed by atoms with Crippen LogP contribution in [0.4, 0.5) is 0 Å². The maximum atomic E-state index is 12.6. The summed E-state index contributed by atoms with van der Waals surface area (Å²) in [4.78, 5) is 37.4. The molecule has 26 heavy (non-hydrogen) atoms. The van der Waals surface area contributed by atoms with Gasteiger partial charge >= 0.3 is 0 Å². The Labute approximate surface area is 152 Å². The number of carbonyl (C=O) groups is 1. The monoisotopic (exact) mass is 365 g/mol. The van der Waals surface area contributed by atoms with E-state index in [-0.39, 0.29) is 18.0 Å². The van der Waals surface area contributed by atoms with Gasteiger partial charge in [0.05, 0.1) is 18.4 Å². The summed E-state index contributed by atoms with van der Waals surface area (Å²) in [5.74, 6) is 0.321. The van der Waals surface area contributed by atoms with Crippen LogP contribution in [0, 0.1) is 0 Å². The number of imidazole rings is 1. The fourth-order valence-electron chi connectivity index (χ4n) is 2.70. The average molecular weight is 365 g/mol. The molecule has 4 rings (SSSR count). The number of H-pyrrole nitrogens is 1. The Hall–Kier alpha value is -3.26. The smallest absolute Gasteiger partial charge is 0.268 e. The quantitative estimate of drug-likeness (QED) is 0.602. The molecule has 3 heterocycles. The van der Waals surface area contributed by atoms with Crippen LogP contribution < -0.4 is 5.56 Å². The second kappa shape index (κ2) is 6.57. The van der Waals surface area contributed by atoms with Crippen LogP contribution in [-0.4, -0.2) is 37.4 Å². The number of amides is 1. The van der Waals surface area contributed by atoms with E-state index < -0.39 is 0 Å². The van der Waals surface area contributed by atoms with Gasteiger partial charge in [0.15, 0.2) is 0 Å². The Bertz CT molecular complexity index is 1110. The van der Waals surface area contributed by atoms with E-state index in [0.29, 0.717) is 21.6 Å². The Morgan fingerprint density at radius 2 is 2.08 bits per heavy atom. The molecule has 0 saturated heterocycles. The molecule has 7 nitrogen and oxygen atoms in total. The highest BCUT2D eigenvalue weighted by Gasteiger charge is 2.14. The normalized spacial score (nSPS) is 11.0. The number of thiophene rings is 1. The van der Waals surface area contributed by atoms with E-state index >= 15 is 0 Å². The molecular formula is C18H15N5O2S. The minimum absolute atomic E-state index is 0.143. The molecule has 1 N–H and O–H groups in total. The van der Waals surface area contributed by atoms with Gasteiger partial charge in [0.2, 0.25) is 0 Å². The Balaban J connectivity index is 1.52. The average Bonchev–Trinajstić information content (AvgIpc) is 3.33. The number of carbonyl (C=O) groups excluding carboxylic acids is 1. The molecule has 0 saturated carbocycles. The minimum Gasteiger partial charge on any atom is -0.334 e. The molecule has 0 radical (unpaired) electrons. The standard InChI is InChI=1S/C18H15N5O2S/c1-22(10-15-20-14-6-9-26-16(14)17(24)21-15)18(25)12-2-4-13(5-3-12)23-8-7-19-11-23/h2-9,11H,10H2,1H3,(H,20,21,24). The summed E-state index contributed by atoms with van der Waals surface area (Å²) < 4.78 is 2.46. The lowest BCUT2D eigenvalue weighted by Crippen LogP contribution is -2.28. The van der Waals surface area contributed by atoms with Crippen LogP contribution in [-0.2, 0) is 6.54 Å². The van der Waals surface area contributed by atoms with Crippen molar-refractivity contribution in [2.45, 2.75) is 6.54 Å². The number of hydrogen-bond acceptors (Lipinski definition) is 5. The largest absolute Gasteiger partial charge is 0.334 e. The van der Waals surface area contributed by atoms with Crippen molar-refractivity contribution in [3.8, 4) is 5.69 Å². The van der Waals surface area contributed by atoms with Crippen LogP contribution in [0.25, 0.3) is 15.9 Å². The van der Waals surface area contributed by atoms with Gasteiger partial charge < -0.3 is 14.5 Å². The summed E-state index contributed by atoms with van der Waals surface area (Å²) in [6.45, 7) is 0.225. The van der Waals surface area contributed by atoms with E-state index in [2.05, 4.69) is 15.0 Å². The highest BCUT2D eigenvalue weighted by atomic mass is 32.1. The van der Waals surface area contributed by atoms with E-state index in [1.807, 2.05) is 28.3 Å². The van der Waals surface area contributed by atoms with E-state index in [1.165, 1.54) is 16.2 Å². The van der Waals surface area contributed by atoms with Gasteiger partial charge in [-0.3, -0.25) is 9.59 Å². The number of fused-ring (bicyclic) bond motifs is 1. The molecule has 8 heteroatoms. The summed E-state index contributed by atoms with van der Waals surface area (Å²) in [6.07, 6.45) is 5.24. The Morgan fingerprint density at radius 3 is 2.81 bits per heavy atom. The van der Waals surface area contributed by atoms with Crippen molar-refractivity contribution in [2.24, 2.45) is 0 Å². The third kappa shape index (κ3) is 3.02. The molecule has 0 atom stereocenters.